The molecule has 0 bridgehead atoms. The van der Waals surface area contributed by atoms with Crippen LogP contribution in [0.1, 0.15) is 12.5 Å². The summed E-state index contributed by atoms with van der Waals surface area (Å²) in [6.45, 7) is 3.52. The smallest absolute Gasteiger partial charge is 0.118 e. The van der Waals surface area contributed by atoms with Gasteiger partial charge in [-0.2, -0.15) is 0 Å². The van der Waals surface area contributed by atoms with Crippen LogP contribution in [0.25, 0.3) is 0 Å². The first kappa shape index (κ1) is 14.5. The average Bonchev–Trinajstić information content (AvgIpc) is 2.38. The van der Waals surface area contributed by atoms with Crippen molar-refractivity contribution in [3.63, 3.8) is 0 Å². The summed E-state index contributed by atoms with van der Waals surface area (Å²) in [5, 5.41) is 0. The summed E-state index contributed by atoms with van der Waals surface area (Å²) in [5.74, 6) is 1.50. The van der Waals surface area contributed by atoms with E-state index in [0.717, 1.165) is 10.2 Å². The predicted molar refractivity (Wildman–Crippen MR) is 79.8 cm³/mol. The van der Waals surface area contributed by atoms with Gasteiger partial charge >= 0.3 is 0 Å². The molecule has 3 heteroatoms. The fraction of sp³-hybridized carbons (Fsp3) is 0.429. The van der Waals surface area contributed by atoms with Gasteiger partial charge in [0.05, 0.1) is 20.3 Å². The van der Waals surface area contributed by atoms with Crippen molar-refractivity contribution < 1.29 is 9.47 Å². The SMILES string of the molecule is COc1ccc(COC/C=C/[C@@H](C)CI)cc1. The number of ether oxygens (including phenoxy) is 2. The Morgan fingerprint density at radius 3 is 2.59 bits per heavy atom. The van der Waals surface area contributed by atoms with Crippen LogP contribution in [0.4, 0.5) is 0 Å². The van der Waals surface area contributed by atoms with Crippen LogP contribution >= 0.6 is 22.6 Å². The largest absolute Gasteiger partial charge is 0.497 e. The maximum Gasteiger partial charge on any atom is 0.118 e. The minimum atomic E-state index is 0.625. The van der Waals surface area contributed by atoms with Gasteiger partial charge in [0.15, 0.2) is 0 Å². The van der Waals surface area contributed by atoms with Gasteiger partial charge in [-0.05, 0) is 23.6 Å². The van der Waals surface area contributed by atoms with Crippen molar-refractivity contribution in [2.75, 3.05) is 18.1 Å². The molecule has 0 spiro atoms. The Bertz CT molecular complexity index is 333. The summed E-state index contributed by atoms with van der Waals surface area (Å²) < 4.78 is 11.8. The number of hydrogen-bond acceptors (Lipinski definition) is 2. The van der Waals surface area contributed by atoms with Gasteiger partial charge in [0, 0.05) is 4.43 Å². The second kappa shape index (κ2) is 8.53. The molecule has 17 heavy (non-hydrogen) atoms. The minimum Gasteiger partial charge on any atom is -0.497 e. The highest BCUT2D eigenvalue weighted by atomic mass is 127. The fourth-order valence-electron chi connectivity index (χ4n) is 1.31. The highest BCUT2D eigenvalue weighted by Gasteiger charge is 1.94. The van der Waals surface area contributed by atoms with Crippen molar-refractivity contribution >= 4 is 22.6 Å². The van der Waals surface area contributed by atoms with E-state index in [1.807, 2.05) is 24.3 Å². The minimum absolute atomic E-state index is 0.625. The quantitative estimate of drug-likeness (QED) is 0.323. The van der Waals surface area contributed by atoms with E-state index < -0.39 is 0 Å². The monoisotopic (exact) mass is 346 g/mol. The molecule has 0 amide bonds. The maximum atomic E-state index is 5.56. The van der Waals surface area contributed by atoms with Crippen LogP contribution in [0, 0.1) is 5.92 Å². The van der Waals surface area contributed by atoms with Crippen molar-refractivity contribution in [3.8, 4) is 5.75 Å². The second-order valence-corrected chi connectivity index (χ2v) is 4.80. The Morgan fingerprint density at radius 1 is 1.29 bits per heavy atom. The summed E-state index contributed by atoms with van der Waals surface area (Å²) in [5.41, 5.74) is 1.17. The Kier molecular flexibility index (Phi) is 7.28. The average molecular weight is 346 g/mol. The summed E-state index contributed by atoms with van der Waals surface area (Å²) >= 11 is 2.39. The molecule has 0 saturated heterocycles. The number of hydrogen-bond donors (Lipinski definition) is 0. The van der Waals surface area contributed by atoms with Gasteiger partial charge in [-0.25, -0.2) is 0 Å². The Hall–Kier alpha value is -0.550. The van der Waals surface area contributed by atoms with Gasteiger partial charge in [0.25, 0.3) is 0 Å². The molecule has 1 aromatic rings. The number of rotatable bonds is 7. The van der Waals surface area contributed by atoms with Crippen LogP contribution in [0.5, 0.6) is 5.75 Å². The Balaban J connectivity index is 2.24. The molecule has 0 fully saturated rings. The molecule has 1 atom stereocenters. The van der Waals surface area contributed by atoms with Crippen LogP contribution in [-0.4, -0.2) is 18.1 Å². The molecule has 94 valence electrons. The third kappa shape index (κ3) is 6.07. The molecule has 0 unspecified atom stereocenters. The van der Waals surface area contributed by atoms with E-state index in [0.29, 0.717) is 19.1 Å². The molecule has 2 nitrogen and oxygen atoms in total. The van der Waals surface area contributed by atoms with E-state index in [1.165, 1.54) is 5.56 Å². The molecule has 0 aliphatic rings. The number of allylic oxidation sites excluding steroid dienone is 1. The number of benzene rings is 1. The molecule has 0 radical (unpaired) electrons. The number of alkyl halides is 1. The van der Waals surface area contributed by atoms with Gasteiger partial charge in [0.2, 0.25) is 0 Å². The highest BCUT2D eigenvalue weighted by molar-refractivity contribution is 14.1. The van der Waals surface area contributed by atoms with E-state index in [4.69, 9.17) is 9.47 Å². The summed E-state index contributed by atoms with van der Waals surface area (Å²) in [4.78, 5) is 0. The summed E-state index contributed by atoms with van der Waals surface area (Å²) in [7, 11) is 1.67. The number of halogens is 1. The van der Waals surface area contributed by atoms with E-state index in [-0.39, 0.29) is 0 Å². The first-order valence-corrected chi connectivity index (χ1v) is 7.22. The van der Waals surface area contributed by atoms with Gasteiger partial charge in [-0.3, -0.25) is 0 Å². The van der Waals surface area contributed by atoms with Crippen LogP contribution in [0.2, 0.25) is 0 Å². The zero-order valence-corrected chi connectivity index (χ0v) is 12.5. The maximum absolute atomic E-state index is 5.56. The molecule has 1 rings (SSSR count). The predicted octanol–water partition coefficient (Wildman–Crippen LogP) is 3.84. The Labute approximate surface area is 117 Å². The van der Waals surface area contributed by atoms with Gasteiger partial charge in [0.1, 0.15) is 5.75 Å². The molecular weight excluding hydrogens is 327 g/mol. The van der Waals surface area contributed by atoms with E-state index >= 15 is 0 Å². The second-order valence-electron chi connectivity index (χ2n) is 3.92. The molecule has 0 aliphatic heterocycles. The molecule has 0 aromatic heterocycles. The van der Waals surface area contributed by atoms with E-state index in [9.17, 15) is 0 Å². The lowest BCUT2D eigenvalue weighted by Gasteiger charge is -2.04. The molecule has 0 saturated carbocycles. The van der Waals surface area contributed by atoms with Crippen molar-refractivity contribution in [2.24, 2.45) is 5.92 Å². The lowest BCUT2D eigenvalue weighted by molar-refractivity contribution is 0.148. The fourth-order valence-corrected chi connectivity index (χ4v) is 1.60. The topological polar surface area (TPSA) is 18.5 Å². The molecule has 0 N–H and O–H groups in total. The van der Waals surface area contributed by atoms with E-state index in [2.05, 4.69) is 41.7 Å². The van der Waals surface area contributed by atoms with Gasteiger partial charge in [-0.15, -0.1) is 0 Å². The number of methoxy groups -OCH3 is 1. The van der Waals surface area contributed by atoms with Gasteiger partial charge in [-0.1, -0.05) is 53.8 Å². The highest BCUT2D eigenvalue weighted by Crippen LogP contribution is 2.11. The zero-order chi connectivity index (χ0) is 12.5. The van der Waals surface area contributed by atoms with Crippen LogP contribution in [-0.2, 0) is 11.3 Å². The summed E-state index contributed by atoms with van der Waals surface area (Å²) in [6.07, 6.45) is 4.29. The van der Waals surface area contributed by atoms with Crippen LogP contribution in [0.15, 0.2) is 36.4 Å². The molecule has 1 aromatic carbocycles. The third-order valence-electron chi connectivity index (χ3n) is 2.35. The van der Waals surface area contributed by atoms with E-state index in [1.54, 1.807) is 7.11 Å². The van der Waals surface area contributed by atoms with Gasteiger partial charge < -0.3 is 9.47 Å². The van der Waals surface area contributed by atoms with Crippen LogP contribution < -0.4 is 4.74 Å². The summed E-state index contributed by atoms with van der Waals surface area (Å²) in [6, 6.07) is 7.95. The van der Waals surface area contributed by atoms with Crippen molar-refractivity contribution in [2.45, 2.75) is 13.5 Å². The lowest BCUT2D eigenvalue weighted by atomic mass is 10.2. The molecular formula is C14H19IO2. The normalized spacial score (nSPS) is 12.9. The Morgan fingerprint density at radius 2 is 2.00 bits per heavy atom. The first-order valence-electron chi connectivity index (χ1n) is 5.69. The lowest BCUT2D eigenvalue weighted by Crippen LogP contribution is -1.95. The van der Waals surface area contributed by atoms with Crippen molar-refractivity contribution in [3.05, 3.63) is 42.0 Å². The first-order chi connectivity index (χ1) is 8.26. The zero-order valence-electron chi connectivity index (χ0n) is 10.4. The molecule has 0 aliphatic carbocycles. The third-order valence-corrected chi connectivity index (χ3v) is 3.74. The van der Waals surface area contributed by atoms with Crippen molar-refractivity contribution in [1.82, 2.24) is 0 Å². The van der Waals surface area contributed by atoms with Crippen LogP contribution in [0.3, 0.4) is 0 Å². The standard InChI is InChI=1S/C14H19IO2/c1-12(10-15)4-3-9-17-11-13-5-7-14(16-2)8-6-13/h3-8,12H,9-11H2,1-2H3/b4-3+/t12-/m1/s1. The van der Waals surface area contributed by atoms with Crippen molar-refractivity contribution in [1.29, 1.82) is 0 Å². The molecule has 0 heterocycles.